The molecule has 0 aliphatic carbocycles. The van der Waals surface area contributed by atoms with Gasteiger partial charge in [0.25, 0.3) is 0 Å². The van der Waals surface area contributed by atoms with E-state index in [1.807, 2.05) is 72.0 Å². The maximum absolute atomic E-state index is 5.02. The van der Waals surface area contributed by atoms with Gasteiger partial charge in [0.15, 0.2) is 17.5 Å². The van der Waals surface area contributed by atoms with E-state index >= 15 is 0 Å². The molecule has 3 aromatic heterocycles. The maximum atomic E-state index is 5.02. The first-order valence-electron chi connectivity index (χ1n) is 16.7. The molecule has 10 rings (SSSR count). The summed E-state index contributed by atoms with van der Waals surface area (Å²) in [5, 5.41) is 4.95. The first-order chi connectivity index (χ1) is 24.8. The molecule has 50 heavy (non-hydrogen) atoms. The van der Waals surface area contributed by atoms with Gasteiger partial charge in [-0.1, -0.05) is 121 Å². The summed E-state index contributed by atoms with van der Waals surface area (Å²) >= 11 is 1.82. The van der Waals surface area contributed by atoms with Crippen LogP contribution in [0, 0.1) is 0 Å². The molecule has 0 bridgehead atoms. The van der Waals surface area contributed by atoms with E-state index in [2.05, 4.69) is 114 Å². The Morgan fingerprint density at radius 3 is 1.70 bits per heavy atom. The number of rotatable bonds is 5. The van der Waals surface area contributed by atoms with Gasteiger partial charge in [0.05, 0.1) is 11.0 Å². The molecule has 0 radical (unpaired) electrons. The second kappa shape index (κ2) is 11.6. The quantitative estimate of drug-likeness (QED) is 0.185. The summed E-state index contributed by atoms with van der Waals surface area (Å²) in [5.74, 6) is 1.98. The van der Waals surface area contributed by atoms with Crippen LogP contribution in [0.15, 0.2) is 170 Å². The third-order valence-electron chi connectivity index (χ3n) is 9.45. The van der Waals surface area contributed by atoms with Crippen LogP contribution in [0.5, 0.6) is 0 Å². The van der Waals surface area contributed by atoms with E-state index in [-0.39, 0.29) is 0 Å². The topological polar surface area (TPSA) is 43.6 Å². The van der Waals surface area contributed by atoms with Crippen molar-refractivity contribution >= 4 is 53.3 Å². The molecule has 0 atom stereocenters. The Labute approximate surface area is 292 Å². The highest BCUT2D eigenvalue weighted by molar-refractivity contribution is 7.26. The highest BCUT2D eigenvalue weighted by Crippen LogP contribution is 2.43. The van der Waals surface area contributed by atoms with Gasteiger partial charge in [-0.2, -0.15) is 0 Å². The second-order valence-corrected chi connectivity index (χ2v) is 13.5. The molecule has 0 saturated carbocycles. The predicted octanol–water partition coefficient (Wildman–Crippen LogP) is 12.0. The van der Waals surface area contributed by atoms with Crippen molar-refractivity contribution in [2.45, 2.75) is 0 Å². The SMILES string of the molecule is c1ccc(-c2nc(-c3ccccc3)nc(-c3ccc4sc5cccc(-c6ccc7c8ccccc8n(-c8ccccc8)c7c6)c5c4c3)n2)cc1. The summed E-state index contributed by atoms with van der Waals surface area (Å²) < 4.78 is 4.87. The second-order valence-electron chi connectivity index (χ2n) is 12.5. The Bertz CT molecular complexity index is 2800. The molecule has 10 aromatic rings. The van der Waals surface area contributed by atoms with E-state index in [4.69, 9.17) is 15.0 Å². The van der Waals surface area contributed by atoms with Crippen LogP contribution in [-0.2, 0) is 0 Å². The average molecular weight is 657 g/mol. The highest BCUT2D eigenvalue weighted by Gasteiger charge is 2.18. The fourth-order valence-electron chi connectivity index (χ4n) is 7.14. The number of para-hydroxylation sites is 2. The van der Waals surface area contributed by atoms with E-state index in [0.29, 0.717) is 17.5 Å². The van der Waals surface area contributed by atoms with Crippen molar-refractivity contribution in [3.63, 3.8) is 0 Å². The molecule has 0 saturated heterocycles. The van der Waals surface area contributed by atoms with Gasteiger partial charge in [-0.05, 0) is 59.7 Å². The molecule has 0 N–H and O–H groups in total. The standard InChI is InChI=1S/C45H28N4S/c1-4-13-29(14-5-1)43-46-44(30-15-6-2-7-16-30)48-45(47-43)32-24-26-40-37(27-32)42-34(20-12-22-41(42)50-40)31-23-25-36-35-19-10-11-21-38(35)49(39(36)28-31)33-17-8-3-9-18-33/h1-28H. The minimum Gasteiger partial charge on any atom is -0.309 e. The Kier molecular flexibility index (Phi) is 6.64. The van der Waals surface area contributed by atoms with E-state index in [1.54, 1.807) is 0 Å². The van der Waals surface area contributed by atoms with Crippen LogP contribution < -0.4 is 0 Å². The number of thiophene rings is 1. The van der Waals surface area contributed by atoms with Crippen LogP contribution in [0.2, 0.25) is 0 Å². The van der Waals surface area contributed by atoms with E-state index in [1.165, 1.54) is 53.1 Å². The lowest BCUT2D eigenvalue weighted by molar-refractivity contribution is 1.07. The number of fused-ring (bicyclic) bond motifs is 6. The molecule has 234 valence electrons. The summed E-state index contributed by atoms with van der Waals surface area (Å²) in [5.41, 5.74) is 8.83. The third-order valence-corrected chi connectivity index (χ3v) is 10.6. The minimum absolute atomic E-state index is 0.658. The highest BCUT2D eigenvalue weighted by atomic mass is 32.1. The zero-order valence-electron chi connectivity index (χ0n) is 26.9. The molecule has 0 unspecified atom stereocenters. The first-order valence-corrected chi connectivity index (χ1v) is 17.5. The molecule has 0 fully saturated rings. The van der Waals surface area contributed by atoms with Gasteiger partial charge in [0, 0.05) is 53.3 Å². The van der Waals surface area contributed by atoms with Gasteiger partial charge in [-0.3, -0.25) is 0 Å². The fourth-order valence-corrected chi connectivity index (χ4v) is 8.25. The molecule has 4 nitrogen and oxygen atoms in total. The summed E-state index contributed by atoms with van der Waals surface area (Å²) in [7, 11) is 0. The van der Waals surface area contributed by atoms with Gasteiger partial charge in [-0.25, -0.2) is 15.0 Å². The van der Waals surface area contributed by atoms with Crippen molar-refractivity contribution in [3.05, 3.63) is 170 Å². The lowest BCUT2D eigenvalue weighted by Crippen LogP contribution is -2.00. The maximum Gasteiger partial charge on any atom is 0.164 e. The van der Waals surface area contributed by atoms with Crippen molar-refractivity contribution in [1.82, 2.24) is 19.5 Å². The van der Waals surface area contributed by atoms with Crippen LogP contribution in [0.1, 0.15) is 0 Å². The molecule has 0 spiro atoms. The number of hydrogen-bond donors (Lipinski definition) is 0. The number of benzene rings is 7. The summed E-state index contributed by atoms with van der Waals surface area (Å²) in [6, 6.07) is 59.8. The van der Waals surface area contributed by atoms with Crippen molar-refractivity contribution in [1.29, 1.82) is 0 Å². The lowest BCUT2D eigenvalue weighted by atomic mass is 9.97. The van der Waals surface area contributed by atoms with Crippen LogP contribution in [0.4, 0.5) is 0 Å². The molecule has 0 amide bonds. The van der Waals surface area contributed by atoms with Gasteiger partial charge in [-0.15, -0.1) is 11.3 Å². The molecule has 3 heterocycles. The van der Waals surface area contributed by atoms with Crippen molar-refractivity contribution < 1.29 is 0 Å². The van der Waals surface area contributed by atoms with E-state index < -0.39 is 0 Å². The molecule has 5 heteroatoms. The molecular formula is C45H28N4S. The van der Waals surface area contributed by atoms with Gasteiger partial charge >= 0.3 is 0 Å². The van der Waals surface area contributed by atoms with E-state index in [9.17, 15) is 0 Å². The Morgan fingerprint density at radius 2 is 0.980 bits per heavy atom. The van der Waals surface area contributed by atoms with Crippen molar-refractivity contribution in [3.8, 4) is 51.0 Å². The van der Waals surface area contributed by atoms with Crippen LogP contribution >= 0.6 is 11.3 Å². The summed E-state index contributed by atoms with van der Waals surface area (Å²) in [6.45, 7) is 0. The van der Waals surface area contributed by atoms with Gasteiger partial charge in [0.1, 0.15) is 0 Å². The Morgan fingerprint density at radius 1 is 0.380 bits per heavy atom. The van der Waals surface area contributed by atoms with Crippen molar-refractivity contribution in [2.24, 2.45) is 0 Å². The number of nitrogens with zero attached hydrogens (tertiary/aromatic N) is 4. The number of aromatic nitrogens is 4. The van der Waals surface area contributed by atoms with E-state index in [0.717, 1.165) is 22.4 Å². The van der Waals surface area contributed by atoms with Crippen molar-refractivity contribution in [2.75, 3.05) is 0 Å². The molecule has 0 aliphatic rings. The summed E-state index contributed by atoms with van der Waals surface area (Å²) in [4.78, 5) is 14.9. The Balaban J connectivity index is 1.18. The molecular weight excluding hydrogens is 629 g/mol. The van der Waals surface area contributed by atoms with Gasteiger partial charge in [0.2, 0.25) is 0 Å². The Hall–Kier alpha value is -6.43. The number of hydrogen-bond acceptors (Lipinski definition) is 4. The minimum atomic E-state index is 0.658. The first kappa shape index (κ1) is 28.6. The lowest BCUT2D eigenvalue weighted by Gasteiger charge is -2.10. The fraction of sp³-hybridized carbons (Fsp3) is 0. The van der Waals surface area contributed by atoms with Crippen LogP contribution in [0.25, 0.3) is 93.0 Å². The zero-order chi connectivity index (χ0) is 33.0. The van der Waals surface area contributed by atoms with Crippen LogP contribution in [-0.4, -0.2) is 19.5 Å². The summed E-state index contributed by atoms with van der Waals surface area (Å²) in [6.07, 6.45) is 0. The monoisotopic (exact) mass is 656 g/mol. The third kappa shape index (κ3) is 4.71. The van der Waals surface area contributed by atoms with Crippen LogP contribution in [0.3, 0.4) is 0 Å². The van der Waals surface area contributed by atoms with Gasteiger partial charge < -0.3 is 4.57 Å². The molecule has 7 aromatic carbocycles. The average Bonchev–Trinajstić information content (AvgIpc) is 3.74. The molecule has 0 aliphatic heterocycles. The largest absolute Gasteiger partial charge is 0.309 e. The zero-order valence-corrected chi connectivity index (χ0v) is 27.7. The normalized spacial score (nSPS) is 11.6. The predicted molar refractivity (Wildman–Crippen MR) is 209 cm³/mol. The smallest absolute Gasteiger partial charge is 0.164 e.